The smallest absolute Gasteiger partial charge is 0.347 e. The number of carboxylic acid groups (broad SMARTS) is 1. The normalized spacial score (nSPS) is 16.1. The third-order valence-corrected chi connectivity index (χ3v) is 3.68. The highest BCUT2D eigenvalue weighted by Gasteiger charge is 2.30. The SMILES string of the molecule is CC(C)(Oc1ccccc1OCC1CCCC1)C(=O)O. The Balaban J connectivity index is 2.03. The summed E-state index contributed by atoms with van der Waals surface area (Å²) in [6.07, 6.45) is 4.98. The molecule has 1 aliphatic carbocycles. The van der Waals surface area contributed by atoms with Gasteiger partial charge in [0.05, 0.1) is 6.61 Å². The second-order valence-corrected chi connectivity index (χ2v) is 5.83. The van der Waals surface area contributed by atoms with Crippen LogP contribution in [0, 0.1) is 5.92 Å². The van der Waals surface area contributed by atoms with Gasteiger partial charge in [0.25, 0.3) is 0 Å². The van der Waals surface area contributed by atoms with Gasteiger partial charge in [-0.25, -0.2) is 4.79 Å². The summed E-state index contributed by atoms with van der Waals surface area (Å²) in [5.41, 5.74) is -1.27. The molecule has 1 saturated carbocycles. The number of carbonyl (C=O) groups is 1. The van der Waals surface area contributed by atoms with Crippen molar-refractivity contribution >= 4 is 5.97 Å². The number of rotatable bonds is 6. The van der Waals surface area contributed by atoms with E-state index in [9.17, 15) is 4.79 Å². The number of hydrogen-bond acceptors (Lipinski definition) is 3. The zero-order valence-corrected chi connectivity index (χ0v) is 12.1. The van der Waals surface area contributed by atoms with Crippen LogP contribution >= 0.6 is 0 Å². The zero-order valence-electron chi connectivity index (χ0n) is 12.1. The Morgan fingerprint density at radius 3 is 2.45 bits per heavy atom. The van der Waals surface area contributed by atoms with Crippen molar-refractivity contribution in [2.45, 2.75) is 45.1 Å². The van der Waals surface area contributed by atoms with Gasteiger partial charge in [-0.2, -0.15) is 0 Å². The molecule has 0 unspecified atom stereocenters. The van der Waals surface area contributed by atoms with E-state index in [0.717, 1.165) is 0 Å². The average molecular weight is 278 g/mol. The lowest BCUT2D eigenvalue weighted by atomic mass is 10.1. The molecule has 0 aromatic heterocycles. The first kappa shape index (κ1) is 14.7. The summed E-state index contributed by atoms with van der Waals surface area (Å²) in [5, 5.41) is 9.13. The van der Waals surface area contributed by atoms with Crippen molar-refractivity contribution in [2.75, 3.05) is 6.61 Å². The average Bonchev–Trinajstić information content (AvgIpc) is 2.90. The number of aliphatic carboxylic acids is 1. The summed E-state index contributed by atoms with van der Waals surface area (Å²) in [6.45, 7) is 3.74. The molecule has 1 aromatic rings. The van der Waals surface area contributed by atoms with Crippen LogP contribution in [0.1, 0.15) is 39.5 Å². The van der Waals surface area contributed by atoms with E-state index in [0.29, 0.717) is 24.0 Å². The van der Waals surface area contributed by atoms with Gasteiger partial charge in [0, 0.05) is 0 Å². The fourth-order valence-electron chi connectivity index (χ4n) is 2.36. The van der Waals surface area contributed by atoms with Crippen LogP contribution in [0.25, 0.3) is 0 Å². The Morgan fingerprint density at radius 1 is 1.25 bits per heavy atom. The van der Waals surface area contributed by atoms with Crippen molar-refractivity contribution in [1.82, 2.24) is 0 Å². The van der Waals surface area contributed by atoms with Gasteiger partial charge < -0.3 is 14.6 Å². The molecule has 1 fully saturated rings. The maximum Gasteiger partial charge on any atom is 0.347 e. The van der Waals surface area contributed by atoms with Crippen molar-refractivity contribution in [3.05, 3.63) is 24.3 Å². The van der Waals surface area contributed by atoms with Gasteiger partial charge in [-0.1, -0.05) is 25.0 Å². The monoisotopic (exact) mass is 278 g/mol. The molecular formula is C16H22O4. The van der Waals surface area contributed by atoms with E-state index in [-0.39, 0.29) is 0 Å². The lowest BCUT2D eigenvalue weighted by Crippen LogP contribution is -2.38. The van der Waals surface area contributed by atoms with Crippen molar-refractivity contribution < 1.29 is 19.4 Å². The topological polar surface area (TPSA) is 55.8 Å². The van der Waals surface area contributed by atoms with Gasteiger partial charge in [0.15, 0.2) is 17.1 Å². The lowest BCUT2D eigenvalue weighted by Gasteiger charge is -2.23. The second kappa shape index (κ2) is 6.16. The second-order valence-electron chi connectivity index (χ2n) is 5.83. The highest BCUT2D eigenvalue weighted by molar-refractivity contribution is 5.76. The van der Waals surface area contributed by atoms with E-state index in [1.807, 2.05) is 18.2 Å². The molecule has 0 saturated heterocycles. The molecule has 0 atom stereocenters. The van der Waals surface area contributed by atoms with Crippen molar-refractivity contribution in [1.29, 1.82) is 0 Å². The number of benzene rings is 1. The van der Waals surface area contributed by atoms with E-state index in [1.54, 1.807) is 6.07 Å². The molecule has 0 radical (unpaired) electrons. The minimum absolute atomic E-state index is 0.484. The molecule has 4 heteroatoms. The fourth-order valence-corrected chi connectivity index (χ4v) is 2.36. The molecule has 0 spiro atoms. The van der Waals surface area contributed by atoms with E-state index < -0.39 is 11.6 Å². The van der Waals surface area contributed by atoms with E-state index in [1.165, 1.54) is 39.5 Å². The molecule has 1 N–H and O–H groups in total. The van der Waals surface area contributed by atoms with Gasteiger partial charge in [-0.3, -0.25) is 0 Å². The molecule has 4 nitrogen and oxygen atoms in total. The van der Waals surface area contributed by atoms with Crippen molar-refractivity contribution in [2.24, 2.45) is 5.92 Å². The van der Waals surface area contributed by atoms with Crippen LogP contribution in [0.15, 0.2) is 24.3 Å². The van der Waals surface area contributed by atoms with Crippen molar-refractivity contribution in [3.8, 4) is 11.5 Å². The first-order chi connectivity index (χ1) is 9.49. The third-order valence-electron chi connectivity index (χ3n) is 3.68. The molecule has 0 aliphatic heterocycles. The van der Waals surface area contributed by atoms with Gasteiger partial charge in [0.2, 0.25) is 0 Å². The predicted molar refractivity (Wildman–Crippen MR) is 76.2 cm³/mol. The Hall–Kier alpha value is -1.71. The Labute approximate surface area is 119 Å². The first-order valence-corrected chi connectivity index (χ1v) is 7.13. The van der Waals surface area contributed by atoms with E-state index in [2.05, 4.69) is 0 Å². The number of carboxylic acids is 1. The predicted octanol–water partition coefficient (Wildman–Crippen LogP) is 3.50. The van der Waals surface area contributed by atoms with Crippen LogP contribution < -0.4 is 9.47 Å². The van der Waals surface area contributed by atoms with E-state index >= 15 is 0 Å². The molecule has 1 aliphatic rings. The van der Waals surface area contributed by atoms with Gasteiger partial charge in [-0.05, 0) is 44.7 Å². The standard InChI is InChI=1S/C16H22O4/c1-16(2,15(17)18)20-14-10-6-5-9-13(14)19-11-12-7-3-4-8-12/h5-6,9-10,12H,3-4,7-8,11H2,1-2H3,(H,17,18). The third kappa shape index (κ3) is 3.65. The Kier molecular flexibility index (Phi) is 4.53. The molecule has 110 valence electrons. The molecule has 0 bridgehead atoms. The summed E-state index contributed by atoms with van der Waals surface area (Å²) < 4.78 is 11.4. The van der Waals surface area contributed by atoms with Gasteiger partial charge in [-0.15, -0.1) is 0 Å². The summed E-state index contributed by atoms with van der Waals surface area (Å²) in [4.78, 5) is 11.1. The summed E-state index contributed by atoms with van der Waals surface area (Å²) in [7, 11) is 0. The zero-order chi connectivity index (χ0) is 14.6. The summed E-state index contributed by atoms with van der Waals surface area (Å²) in [5.74, 6) is 0.713. The van der Waals surface area contributed by atoms with Gasteiger partial charge >= 0.3 is 5.97 Å². The maximum absolute atomic E-state index is 11.1. The lowest BCUT2D eigenvalue weighted by molar-refractivity contribution is -0.152. The maximum atomic E-state index is 11.1. The fraction of sp³-hybridized carbons (Fsp3) is 0.562. The quantitative estimate of drug-likeness (QED) is 0.865. The van der Waals surface area contributed by atoms with Crippen molar-refractivity contribution in [3.63, 3.8) is 0 Å². The molecule has 0 heterocycles. The van der Waals surface area contributed by atoms with Crippen LogP contribution in [-0.2, 0) is 4.79 Å². The van der Waals surface area contributed by atoms with Crippen LogP contribution in [0.2, 0.25) is 0 Å². The largest absolute Gasteiger partial charge is 0.489 e. The number of hydrogen-bond donors (Lipinski definition) is 1. The molecule has 2 rings (SSSR count). The molecular weight excluding hydrogens is 256 g/mol. The minimum Gasteiger partial charge on any atom is -0.489 e. The molecule has 0 amide bonds. The molecule has 1 aromatic carbocycles. The van der Waals surface area contributed by atoms with Crippen LogP contribution in [-0.4, -0.2) is 23.3 Å². The molecule has 20 heavy (non-hydrogen) atoms. The van der Waals surface area contributed by atoms with Crippen LogP contribution in [0.4, 0.5) is 0 Å². The highest BCUT2D eigenvalue weighted by atomic mass is 16.5. The van der Waals surface area contributed by atoms with Gasteiger partial charge in [0.1, 0.15) is 0 Å². The summed E-state index contributed by atoms with van der Waals surface area (Å²) >= 11 is 0. The summed E-state index contributed by atoms with van der Waals surface area (Å²) in [6, 6.07) is 7.25. The first-order valence-electron chi connectivity index (χ1n) is 7.13. The highest BCUT2D eigenvalue weighted by Crippen LogP contribution is 2.32. The minimum atomic E-state index is -1.27. The van der Waals surface area contributed by atoms with Crippen LogP contribution in [0.5, 0.6) is 11.5 Å². The Morgan fingerprint density at radius 2 is 1.85 bits per heavy atom. The van der Waals surface area contributed by atoms with E-state index in [4.69, 9.17) is 14.6 Å². The Bertz CT molecular complexity index is 461. The van der Waals surface area contributed by atoms with Crippen LogP contribution in [0.3, 0.4) is 0 Å². The number of ether oxygens (including phenoxy) is 2. The number of para-hydroxylation sites is 2.